The largest absolute Gasteiger partial charge is 0.481 e. The van der Waals surface area contributed by atoms with Crippen molar-refractivity contribution in [2.75, 3.05) is 0 Å². The van der Waals surface area contributed by atoms with Crippen LogP contribution in [0.5, 0.6) is 0 Å². The minimum Gasteiger partial charge on any atom is -0.481 e. The number of nitrogens with one attached hydrogen (secondary N) is 1. The maximum Gasteiger partial charge on any atom is 0.305 e. The van der Waals surface area contributed by atoms with Crippen LogP contribution >= 0.6 is 11.6 Å². The van der Waals surface area contributed by atoms with Gasteiger partial charge in [-0.25, -0.2) is 0 Å². The van der Waals surface area contributed by atoms with E-state index in [4.69, 9.17) is 16.7 Å². The van der Waals surface area contributed by atoms with E-state index in [0.29, 0.717) is 24.3 Å². The number of aliphatic carboxylic acids is 1. The normalized spacial score (nSPS) is 11.7. The fourth-order valence-electron chi connectivity index (χ4n) is 1.85. The van der Waals surface area contributed by atoms with Crippen molar-refractivity contribution < 1.29 is 14.7 Å². The lowest BCUT2D eigenvalue weighted by atomic mass is 10.0. The molecule has 0 unspecified atom stereocenters. The molecule has 1 rings (SSSR count). The summed E-state index contributed by atoms with van der Waals surface area (Å²) in [5.41, 5.74) is 0.824. The van der Waals surface area contributed by atoms with E-state index in [2.05, 4.69) is 11.9 Å². The average molecular weight is 296 g/mol. The van der Waals surface area contributed by atoms with Gasteiger partial charge in [-0.2, -0.15) is 0 Å². The van der Waals surface area contributed by atoms with Crippen LogP contribution in [0.15, 0.2) is 36.9 Å². The van der Waals surface area contributed by atoms with Crippen LogP contribution in [-0.4, -0.2) is 23.0 Å². The van der Waals surface area contributed by atoms with Gasteiger partial charge in [0.25, 0.3) is 0 Å². The number of rotatable bonds is 8. The fraction of sp³-hybridized carbons (Fsp3) is 0.333. The Labute approximate surface area is 123 Å². The molecular formula is C15H18ClNO3. The zero-order chi connectivity index (χ0) is 15.0. The number of hydrogen-bond donors (Lipinski definition) is 2. The number of benzene rings is 1. The third kappa shape index (κ3) is 5.89. The van der Waals surface area contributed by atoms with Gasteiger partial charge < -0.3 is 10.4 Å². The lowest BCUT2D eigenvalue weighted by Gasteiger charge is -2.17. The number of halogens is 1. The highest BCUT2D eigenvalue weighted by molar-refractivity contribution is 6.31. The molecule has 0 saturated carbocycles. The first-order valence-corrected chi connectivity index (χ1v) is 6.76. The predicted octanol–water partition coefficient (Wildman–Crippen LogP) is 2.81. The molecule has 108 valence electrons. The van der Waals surface area contributed by atoms with E-state index in [1.54, 1.807) is 18.2 Å². The van der Waals surface area contributed by atoms with Crippen molar-refractivity contribution in [1.82, 2.24) is 5.32 Å². The number of allylic oxidation sites excluding steroid dienone is 1. The summed E-state index contributed by atoms with van der Waals surface area (Å²) in [6.07, 6.45) is 2.79. The Balaban J connectivity index is 2.69. The number of carboxylic acid groups (broad SMARTS) is 1. The summed E-state index contributed by atoms with van der Waals surface area (Å²) < 4.78 is 0. The van der Waals surface area contributed by atoms with Gasteiger partial charge in [-0.15, -0.1) is 6.58 Å². The highest BCUT2D eigenvalue weighted by Gasteiger charge is 2.17. The molecule has 0 fully saturated rings. The first kappa shape index (κ1) is 16.2. The quantitative estimate of drug-likeness (QED) is 0.725. The molecular weight excluding hydrogens is 278 g/mol. The summed E-state index contributed by atoms with van der Waals surface area (Å²) in [6.45, 7) is 3.55. The van der Waals surface area contributed by atoms with Crippen LogP contribution in [0.4, 0.5) is 0 Å². The molecule has 20 heavy (non-hydrogen) atoms. The summed E-state index contributed by atoms with van der Waals surface area (Å²) in [6, 6.07) is 6.74. The van der Waals surface area contributed by atoms with E-state index in [9.17, 15) is 9.59 Å². The summed E-state index contributed by atoms with van der Waals surface area (Å²) in [4.78, 5) is 22.6. The van der Waals surface area contributed by atoms with Gasteiger partial charge in [-0.05, 0) is 24.5 Å². The van der Waals surface area contributed by atoms with Gasteiger partial charge in [0, 0.05) is 17.5 Å². The van der Waals surface area contributed by atoms with Crippen molar-refractivity contribution in [3.63, 3.8) is 0 Å². The number of carbonyl (C=O) groups excluding carboxylic acids is 1. The molecule has 0 bridgehead atoms. The van der Waals surface area contributed by atoms with Crippen molar-refractivity contribution in [2.45, 2.75) is 31.7 Å². The minimum absolute atomic E-state index is 0.134. The maximum absolute atomic E-state index is 11.7. The highest BCUT2D eigenvalue weighted by atomic mass is 35.5. The van der Waals surface area contributed by atoms with E-state index in [0.717, 1.165) is 5.56 Å². The van der Waals surface area contributed by atoms with Gasteiger partial charge in [0.05, 0.1) is 6.42 Å². The van der Waals surface area contributed by atoms with Gasteiger partial charge in [-0.1, -0.05) is 35.9 Å². The molecule has 5 heteroatoms. The Morgan fingerprint density at radius 1 is 1.40 bits per heavy atom. The fourth-order valence-corrected chi connectivity index (χ4v) is 2.06. The zero-order valence-corrected chi connectivity index (χ0v) is 11.9. The maximum atomic E-state index is 11.7. The molecule has 4 nitrogen and oxygen atoms in total. The molecule has 1 atom stereocenters. The first-order valence-electron chi connectivity index (χ1n) is 6.38. The van der Waals surface area contributed by atoms with Crippen LogP contribution in [0.1, 0.15) is 24.8 Å². The van der Waals surface area contributed by atoms with E-state index in [1.807, 2.05) is 12.1 Å². The van der Waals surface area contributed by atoms with Crippen molar-refractivity contribution >= 4 is 23.5 Å². The van der Waals surface area contributed by atoms with Gasteiger partial charge in [-0.3, -0.25) is 9.59 Å². The lowest BCUT2D eigenvalue weighted by Crippen LogP contribution is -2.38. The van der Waals surface area contributed by atoms with Gasteiger partial charge in [0.1, 0.15) is 0 Å². The highest BCUT2D eigenvalue weighted by Crippen LogP contribution is 2.17. The Morgan fingerprint density at radius 2 is 2.10 bits per heavy atom. The summed E-state index contributed by atoms with van der Waals surface area (Å²) >= 11 is 6.05. The van der Waals surface area contributed by atoms with Crippen molar-refractivity contribution in [1.29, 1.82) is 0 Å². The molecule has 1 aromatic carbocycles. The Morgan fingerprint density at radius 3 is 2.70 bits per heavy atom. The summed E-state index contributed by atoms with van der Waals surface area (Å²) in [7, 11) is 0. The van der Waals surface area contributed by atoms with Gasteiger partial charge in [0.2, 0.25) is 5.91 Å². The second-order valence-electron chi connectivity index (χ2n) is 4.49. The van der Waals surface area contributed by atoms with Crippen molar-refractivity contribution in [2.24, 2.45) is 0 Å². The summed E-state index contributed by atoms with van der Waals surface area (Å²) in [5.74, 6) is -1.13. The number of amides is 1. The van der Waals surface area contributed by atoms with Crippen LogP contribution in [0.2, 0.25) is 5.02 Å². The second-order valence-corrected chi connectivity index (χ2v) is 4.89. The third-order valence-corrected chi connectivity index (χ3v) is 3.15. The smallest absolute Gasteiger partial charge is 0.305 e. The molecule has 0 aliphatic heterocycles. The average Bonchev–Trinajstić information content (AvgIpc) is 2.38. The van der Waals surface area contributed by atoms with Crippen LogP contribution in [-0.2, 0) is 16.0 Å². The predicted molar refractivity (Wildman–Crippen MR) is 78.8 cm³/mol. The SMILES string of the molecule is C=CCCC(=O)N[C@@H](CC(=O)O)Cc1ccccc1Cl. The van der Waals surface area contributed by atoms with Gasteiger partial charge in [0.15, 0.2) is 0 Å². The number of carbonyl (C=O) groups is 2. The van der Waals surface area contributed by atoms with E-state index < -0.39 is 12.0 Å². The van der Waals surface area contributed by atoms with E-state index in [-0.39, 0.29) is 12.3 Å². The molecule has 0 spiro atoms. The molecule has 0 aliphatic carbocycles. The molecule has 2 N–H and O–H groups in total. The number of carboxylic acids is 1. The molecule has 0 aromatic heterocycles. The monoisotopic (exact) mass is 295 g/mol. The minimum atomic E-state index is -0.953. The standard InChI is InChI=1S/C15H18ClNO3/c1-2-3-8-14(18)17-12(10-15(19)20)9-11-6-4-5-7-13(11)16/h2,4-7,12H,1,3,8-10H2,(H,17,18)(H,19,20)/t12-/m1/s1. The van der Waals surface area contributed by atoms with E-state index >= 15 is 0 Å². The van der Waals surface area contributed by atoms with Crippen LogP contribution in [0, 0.1) is 0 Å². The van der Waals surface area contributed by atoms with Crippen LogP contribution in [0.3, 0.4) is 0 Å². The van der Waals surface area contributed by atoms with Crippen molar-refractivity contribution in [3.8, 4) is 0 Å². The Hall–Kier alpha value is -1.81. The molecule has 0 heterocycles. The molecule has 0 aliphatic rings. The number of hydrogen-bond acceptors (Lipinski definition) is 2. The summed E-state index contributed by atoms with van der Waals surface area (Å²) in [5, 5.41) is 12.2. The molecule has 1 amide bonds. The Bertz CT molecular complexity index is 488. The zero-order valence-electron chi connectivity index (χ0n) is 11.1. The van der Waals surface area contributed by atoms with Gasteiger partial charge >= 0.3 is 5.97 Å². The van der Waals surface area contributed by atoms with Crippen LogP contribution in [0.25, 0.3) is 0 Å². The van der Waals surface area contributed by atoms with E-state index in [1.165, 1.54) is 0 Å². The molecule has 0 radical (unpaired) electrons. The first-order chi connectivity index (χ1) is 9.52. The molecule has 0 saturated heterocycles. The Kier molecular flexibility index (Phi) is 6.81. The topological polar surface area (TPSA) is 66.4 Å². The lowest BCUT2D eigenvalue weighted by molar-refractivity contribution is -0.137. The third-order valence-electron chi connectivity index (χ3n) is 2.79. The van der Waals surface area contributed by atoms with Crippen LogP contribution < -0.4 is 5.32 Å². The molecule has 1 aromatic rings. The van der Waals surface area contributed by atoms with Crippen molar-refractivity contribution in [3.05, 3.63) is 47.5 Å². The second kappa shape index (κ2) is 8.38.